The van der Waals surface area contributed by atoms with Crippen molar-refractivity contribution in [3.8, 4) is 0 Å². The van der Waals surface area contributed by atoms with Crippen LogP contribution >= 0.6 is 0 Å². The highest BCUT2D eigenvalue weighted by molar-refractivity contribution is 6.01. The fourth-order valence-corrected chi connectivity index (χ4v) is 3.09. The Balaban J connectivity index is 1.98. The second kappa shape index (κ2) is 8.08. The summed E-state index contributed by atoms with van der Waals surface area (Å²) in [5.74, 6) is -0.582. The molecule has 1 atom stereocenters. The summed E-state index contributed by atoms with van der Waals surface area (Å²) in [5.41, 5.74) is 3.20. The van der Waals surface area contributed by atoms with E-state index < -0.39 is 5.97 Å². The largest absolute Gasteiger partial charge is 0.480 e. The lowest BCUT2D eigenvalue weighted by Gasteiger charge is -2.12. The molecule has 22 heavy (non-hydrogen) atoms. The molecule has 1 aliphatic rings. The first kappa shape index (κ1) is 16.7. The van der Waals surface area contributed by atoms with Crippen LogP contribution < -0.4 is 5.32 Å². The Labute approximate surface area is 131 Å². The Morgan fingerprint density at radius 3 is 2.86 bits per heavy atom. The molecular weight excluding hydrogens is 278 g/mol. The van der Waals surface area contributed by atoms with E-state index in [0.717, 1.165) is 17.5 Å². The van der Waals surface area contributed by atoms with E-state index in [1.807, 2.05) is 6.07 Å². The quantitative estimate of drug-likeness (QED) is 0.688. The first-order valence-corrected chi connectivity index (χ1v) is 8.20. The van der Waals surface area contributed by atoms with Crippen molar-refractivity contribution in [3.05, 3.63) is 34.9 Å². The number of carbonyl (C=O) groups is 2. The third kappa shape index (κ3) is 4.41. The van der Waals surface area contributed by atoms with Crippen molar-refractivity contribution in [1.29, 1.82) is 0 Å². The minimum Gasteiger partial charge on any atom is -0.480 e. The van der Waals surface area contributed by atoms with Crippen LogP contribution in [0.4, 0.5) is 0 Å². The molecule has 0 aliphatic heterocycles. The van der Waals surface area contributed by atoms with Gasteiger partial charge >= 0.3 is 5.97 Å². The number of carboxylic acid groups (broad SMARTS) is 1. The predicted molar refractivity (Wildman–Crippen MR) is 86.5 cm³/mol. The number of aryl methyl sites for hydroxylation is 1. The summed E-state index contributed by atoms with van der Waals surface area (Å²) in [6.45, 7) is 2.69. The van der Waals surface area contributed by atoms with E-state index in [1.165, 1.54) is 31.2 Å². The number of carboxylic acids is 1. The summed E-state index contributed by atoms with van der Waals surface area (Å²) in [5, 5.41) is 11.6. The van der Waals surface area contributed by atoms with E-state index in [9.17, 15) is 9.59 Å². The van der Waals surface area contributed by atoms with Gasteiger partial charge in [-0.2, -0.15) is 0 Å². The van der Waals surface area contributed by atoms with Crippen molar-refractivity contribution in [2.24, 2.45) is 0 Å². The minimum absolute atomic E-state index is 0.0588. The molecule has 1 aliphatic carbocycles. The third-order valence-electron chi connectivity index (χ3n) is 4.27. The number of hydrogen-bond donors (Lipinski definition) is 2. The maximum absolute atomic E-state index is 12.0. The Hall–Kier alpha value is -1.68. The summed E-state index contributed by atoms with van der Waals surface area (Å²) in [4.78, 5) is 22.6. The number of fused-ring (bicyclic) bond motifs is 1. The van der Waals surface area contributed by atoms with Crippen LogP contribution in [0.1, 0.15) is 66.4 Å². The van der Waals surface area contributed by atoms with Gasteiger partial charge in [0.05, 0.1) is 6.54 Å². The van der Waals surface area contributed by atoms with Crippen molar-refractivity contribution in [2.75, 3.05) is 13.1 Å². The maximum Gasteiger partial charge on any atom is 0.317 e. The van der Waals surface area contributed by atoms with Crippen LogP contribution in [-0.4, -0.2) is 29.9 Å². The van der Waals surface area contributed by atoms with Gasteiger partial charge in [-0.1, -0.05) is 44.4 Å². The molecule has 0 spiro atoms. The predicted octanol–water partition coefficient (Wildman–Crippen LogP) is 3.15. The number of benzene rings is 1. The van der Waals surface area contributed by atoms with Gasteiger partial charge in [0, 0.05) is 24.4 Å². The van der Waals surface area contributed by atoms with Crippen LogP contribution in [0.2, 0.25) is 0 Å². The standard InChI is InChI=1S/C18H25NO3/c1-2-3-4-5-6-13-7-8-15-16(9-13)14(10-17(15)20)11-19-12-18(21)22/h7-9,14,19H,2-6,10-12H2,1H3,(H,21,22). The van der Waals surface area contributed by atoms with Crippen molar-refractivity contribution >= 4 is 11.8 Å². The van der Waals surface area contributed by atoms with E-state index in [0.29, 0.717) is 13.0 Å². The Bertz CT molecular complexity index is 539. The van der Waals surface area contributed by atoms with Crippen molar-refractivity contribution < 1.29 is 14.7 Å². The van der Waals surface area contributed by atoms with Gasteiger partial charge < -0.3 is 10.4 Å². The summed E-state index contributed by atoms with van der Waals surface area (Å²) in [7, 11) is 0. The molecule has 2 N–H and O–H groups in total. The molecule has 0 bridgehead atoms. The molecule has 4 heteroatoms. The van der Waals surface area contributed by atoms with Gasteiger partial charge in [-0.25, -0.2) is 0 Å². The lowest BCUT2D eigenvalue weighted by atomic mass is 9.96. The van der Waals surface area contributed by atoms with Crippen LogP contribution in [0, 0.1) is 0 Å². The van der Waals surface area contributed by atoms with Gasteiger partial charge in [0.1, 0.15) is 0 Å². The number of nitrogens with one attached hydrogen (secondary N) is 1. The first-order valence-electron chi connectivity index (χ1n) is 8.20. The SMILES string of the molecule is CCCCCCc1ccc2c(c1)C(CNCC(=O)O)CC2=O. The Morgan fingerprint density at radius 2 is 2.14 bits per heavy atom. The molecule has 4 nitrogen and oxygen atoms in total. The second-order valence-corrected chi connectivity index (χ2v) is 6.08. The average Bonchev–Trinajstić information content (AvgIpc) is 2.80. The number of hydrogen-bond acceptors (Lipinski definition) is 3. The zero-order valence-corrected chi connectivity index (χ0v) is 13.2. The fourth-order valence-electron chi connectivity index (χ4n) is 3.09. The van der Waals surface area contributed by atoms with Gasteiger partial charge in [0.25, 0.3) is 0 Å². The number of ketones is 1. The van der Waals surface area contributed by atoms with Gasteiger partial charge in [0.2, 0.25) is 0 Å². The molecule has 0 saturated heterocycles. The van der Waals surface area contributed by atoms with Gasteiger partial charge in [-0.15, -0.1) is 0 Å². The summed E-state index contributed by atoms with van der Waals surface area (Å²) in [6.07, 6.45) is 6.47. The summed E-state index contributed by atoms with van der Waals surface area (Å²) in [6, 6.07) is 6.17. The van der Waals surface area contributed by atoms with Crippen LogP contribution in [0.3, 0.4) is 0 Å². The molecule has 0 amide bonds. The summed E-state index contributed by atoms with van der Waals surface area (Å²) < 4.78 is 0. The zero-order valence-electron chi connectivity index (χ0n) is 13.2. The van der Waals surface area contributed by atoms with Crippen LogP contribution in [-0.2, 0) is 11.2 Å². The molecule has 1 aromatic carbocycles. The van der Waals surface area contributed by atoms with Crippen molar-refractivity contribution in [2.45, 2.75) is 51.4 Å². The molecule has 0 saturated carbocycles. The summed E-state index contributed by atoms with van der Waals surface area (Å²) >= 11 is 0. The number of aliphatic carboxylic acids is 1. The van der Waals surface area contributed by atoms with E-state index in [1.54, 1.807) is 0 Å². The highest BCUT2D eigenvalue weighted by atomic mass is 16.4. The van der Waals surface area contributed by atoms with E-state index in [2.05, 4.69) is 24.4 Å². The highest BCUT2D eigenvalue weighted by Crippen LogP contribution is 2.33. The van der Waals surface area contributed by atoms with Crippen molar-refractivity contribution in [1.82, 2.24) is 5.32 Å². The Kier molecular flexibility index (Phi) is 6.13. The Morgan fingerprint density at radius 1 is 1.32 bits per heavy atom. The van der Waals surface area contributed by atoms with Gasteiger partial charge in [0.15, 0.2) is 5.78 Å². The molecule has 2 rings (SSSR count). The molecule has 0 aromatic heterocycles. The van der Waals surface area contributed by atoms with Crippen molar-refractivity contribution in [3.63, 3.8) is 0 Å². The topological polar surface area (TPSA) is 66.4 Å². The molecule has 1 unspecified atom stereocenters. The molecular formula is C18H25NO3. The number of carbonyl (C=O) groups excluding carboxylic acids is 1. The maximum atomic E-state index is 12.0. The van der Waals surface area contributed by atoms with Crippen LogP contribution in [0.15, 0.2) is 18.2 Å². The molecule has 0 radical (unpaired) electrons. The van der Waals surface area contributed by atoms with Gasteiger partial charge in [-0.3, -0.25) is 9.59 Å². The van der Waals surface area contributed by atoms with E-state index in [4.69, 9.17) is 5.11 Å². The number of rotatable bonds is 9. The lowest BCUT2D eigenvalue weighted by molar-refractivity contribution is -0.135. The highest BCUT2D eigenvalue weighted by Gasteiger charge is 2.29. The van der Waals surface area contributed by atoms with Crippen LogP contribution in [0.5, 0.6) is 0 Å². The monoisotopic (exact) mass is 303 g/mol. The smallest absolute Gasteiger partial charge is 0.317 e. The molecule has 0 heterocycles. The number of Topliss-reactive ketones (excluding diaryl/α,β-unsaturated/α-hetero) is 1. The van der Waals surface area contributed by atoms with Gasteiger partial charge in [-0.05, 0) is 24.0 Å². The molecule has 1 aromatic rings. The minimum atomic E-state index is -0.866. The lowest BCUT2D eigenvalue weighted by Crippen LogP contribution is -2.26. The van der Waals surface area contributed by atoms with E-state index >= 15 is 0 Å². The second-order valence-electron chi connectivity index (χ2n) is 6.08. The fraction of sp³-hybridized carbons (Fsp3) is 0.556. The average molecular weight is 303 g/mol. The molecule has 120 valence electrons. The molecule has 0 fully saturated rings. The first-order chi connectivity index (χ1) is 10.6. The number of unbranched alkanes of at least 4 members (excludes halogenated alkanes) is 3. The zero-order chi connectivity index (χ0) is 15.9. The van der Waals surface area contributed by atoms with Crippen LogP contribution in [0.25, 0.3) is 0 Å². The third-order valence-corrected chi connectivity index (χ3v) is 4.27. The van der Waals surface area contributed by atoms with E-state index in [-0.39, 0.29) is 18.2 Å². The normalized spacial score (nSPS) is 16.8.